The number of hydrogen-bond acceptors (Lipinski definition) is 5. The molecule has 0 spiro atoms. The first kappa shape index (κ1) is 14.2. The monoisotopic (exact) mass is 508 g/mol. The van der Waals surface area contributed by atoms with E-state index >= 15 is 0 Å². The van der Waals surface area contributed by atoms with Gasteiger partial charge in [0.2, 0.25) is 0 Å². The number of H-pyrrole nitrogens is 1. The van der Waals surface area contributed by atoms with E-state index in [4.69, 9.17) is 24.6 Å². The van der Waals surface area contributed by atoms with Gasteiger partial charge in [-0.25, -0.2) is 14.2 Å². The topological polar surface area (TPSA) is 67.4 Å². The average molecular weight is 509 g/mol. The van der Waals surface area contributed by atoms with Gasteiger partial charge >= 0.3 is 5.97 Å². The first-order valence-electron chi connectivity index (χ1n) is 18.0. The van der Waals surface area contributed by atoms with Gasteiger partial charge in [0.15, 0.2) is 0 Å². The number of aromatic nitrogens is 2. The smallest absolute Gasteiger partial charge is 0.332 e. The Labute approximate surface area is 231 Å². The number of nitrogens with zero attached hydrogens (tertiary/aromatic N) is 2. The van der Waals surface area contributed by atoms with Crippen LogP contribution in [0.3, 0.4) is 0 Å². The molecule has 1 aliphatic carbocycles. The van der Waals surface area contributed by atoms with Crippen LogP contribution >= 0.6 is 0 Å². The van der Waals surface area contributed by atoms with Crippen LogP contribution in [0.25, 0.3) is 11.0 Å². The number of benzene rings is 2. The van der Waals surface area contributed by atoms with Crippen molar-refractivity contribution in [2.24, 2.45) is 5.92 Å². The summed E-state index contributed by atoms with van der Waals surface area (Å²) in [7, 11) is 1.16. The van der Waals surface area contributed by atoms with E-state index in [2.05, 4.69) is 9.97 Å². The Kier molecular flexibility index (Phi) is 4.56. The van der Waals surface area contributed by atoms with Gasteiger partial charge in [0, 0.05) is 50.2 Å². The van der Waals surface area contributed by atoms with Gasteiger partial charge in [0.25, 0.3) is 0 Å². The van der Waals surface area contributed by atoms with Crippen LogP contribution in [0.1, 0.15) is 73.7 Å². The second-order valence-corrected chi connectivity index (χ2v) is 8.87. The normalized spacial score (nSPS) is 29.4. The number of hydrogen-bond donors (Lipinski definition) is 1. The number of rotatable bonds is 11. The number of esters is 1. The van der Waals surface area contributed by atoms with Crippen molar-refractivity contribution in [2.45, 2.75) is 57.3 Å². The van der Waals surface area contributed by atoms with Gasteiger partial charge in [-0.3, -0.25) is 0 Å². The third kappa shape index (κ3) is 5.95. The van der Waals surface area contributed by atoms with Crippen molar-refractivity contribution in [3.05, 3.63) is 65.2 Å². The van der Waals surface area contributed by atoms with Crippen molar-refractivity contribution in [1.82, 2.24) is 14.9 Å². The number of fused-ring (bicyclic) bond motifs is 2. The number of para-hydroxylation sites is 2. The third-order valence-corrected chi connectivity index (χ3v) is 5.95. The van der Waals surface area contributed by atoms with E-state index in [1.807, 2.05) is 0 Å². The minimum absolute atomic E-state index is 0.0373. The van der Waals surface area contributed by atoms with Crippen LogP contribution < -0.4 is 0 Å². The SMILES string of the molecule is [2H]C([2H])([2H])N(CC[C@]1(OC(=O)COC)[C@@H](C(C)C)c2ccc(F)cc2C([2H])([2H])C1([2H])[2H])C([2H])([2H])C([2H])([2H])C([2H])([2H])c1nc2ccccc2[nH]1. The predicted molar refractivity (Wildman–Crippen MR) is 140 cm³/mol. The molecule has 4 rings (SSSR count). The van der Waals surface area contributed by atoms with Crippen molar-refractivity contribution in [2.75, 3.05) is 33.7 Å². The molecule has 1 heterocycles. The molecule has 0 bridgehead atoms. The summed E-state index contributed by atoms with van der Waals surface area (Å²) in [5.41, 5.74) is -2.32. The Balaban J connectivity index is 1.89. The highest BCUT2D eigenvalue weighted by atomic mass is 19.1. The molecule has 0 fully saturated rings. The summed E-state index contributed by atoms with van der Waals surface area (Å²) in [6.07, 6.45) is -14.1. The summed E-state index contributed by atoms with van der Waals surface area (Å²) >= 11 is 0. The zero-order chi connectivity index (χ0) is 37.2. The zero-order valence-electron chi connectivity index (χ0n) is 33.3. The highest BCUT2D eigenvalue weighted by molar-refractivity contribution is 5.74. The standard InChI is InChI=1S/C29H38FN3O3/c1-20(2)28-23-12-11-22(30)18-21(23)13-14-29(28,36-27(34)19-35-4)15-17-33(3)16-7-10-26-31-24-8-5-6-9-25(24)32-26/h5-6,8-9,11-12,18,20,28H,7,10,13-17,19H2,1-4H3,(H,31,32)/t28-,29-/m0/s1/i3D3,7D2,10D2,13D2,14D2,16D2. The quantitative estimate of drug-likeness (QED) is 0.357. The van der Waals surface area contributed by atoms with Crippen LogP contribution in [-0.4, -0.2) is 60.2 Å². The second-order valence-electron chi connectivity index (χ2n) is 8.87. The maximum Gasteiger partial charge on any atom is 0.332 e. The number of aryl methyl sites for hydroxylation is 2. The Morgan fingerprint density at radius 2 is 2.22 bits per heavy atom. The van der Waals surface area contributed by atoms with Gasteiger partial charge < -0.3 is 19.4 Å². The molecule has 3 aromatic rings. The molecule has 0 saturated carbocycles. The number of carbonyl (C=O) groups excluding carboxylic acids is 1. The fourth-order valence-electron chi connectivity index (χ4n) is 4.52. The summed E-state index contributed by atoms with van der Waals surface area (Å²) in [5, 5.41) is 0. The van der Waals surface area contributed by atoms with Crippen LogP contribution in [0.4, 0.5) is 4.39 Å². The molecule has 0 amide bonds. The number of imidazole rings is 1. The van der Waals surface area contributed by atoms with Crippen molar-refractivity contribution in [3.8, 4) is 0 Å². The summed E-state index contributed by atoms with van der Waals surface area (Å²) in [4.78, 5) is 19.8. The van der Waals surface area contributed by atoms with E-state index in [1.54, 1.807) is 32.0 Å². The minimum atomic E-state index is -3.69. The van der Waals surface area contributed by atoms with Gasteiger partial charge in [0.05, 0.1) is 11.0 Å². The van der Waals surface area contributed by atoms with Crippen molar-refractivity contribution < 1.29 is 36.5 Å². The van der Waals surface area contributed by atoms with Crippen LogP contribution in [-0.2, 0) is 27.0 Å². The van der Waals surface area contributed by atoms with E-state index in [0.29, 0.717) is 5.52 Å². The lowest BCUT2D eigenvalue weighted by Crippen LogP contribution is -2.49. The Morgan fingerprint density at radius 1 is 1.39 bits per heavy atom. The second kappa shape index (κ2) is 11.5. The molecular formula is C29H38FN3O3. The molecular weight excluding hydrogens is 457 g/mol. The van der Waals surface area contributed by atoms with Crippen molar-refractivity contribution in [3.63, 3.8) is 0 Å². The van der Waals surface area contributed by atoms with E-state index in [1.165, 1.54) is 12.1 Å². The number of aromatic amines is 1. The molecule has 1 aromatic heterocycles. The molecule has 1 N–H and O–H groups in total. The minimum Gasteiger partial charge on any atom is -0.457 e. The maximum absolute atomic E-state index is 14.5. The summed E-state index contributed by atoms with van der Waals surface area (Å²) in [6.45, 7) is -5.77. The van der Waals surface area contributed by atoms with Gasteiger partial charge in [-0.1, -0.05) is 32.0 Å². The largest absolute Gasteiger partial charge is 0.457 e. The van der Waals surface area contributed by atoms with Gasteiger partial charge in [0.1, 0.15) is 23.8 Å². The molecule has 194 valence electrons. The molecule has 7 heteroatoms. The maximum atomic E-state index is 14.5. The van der Waals surface area contributed by atoms with E-state index in [0.717, 1.165) is 19.2 Å². The number of halogens is 1. The lowest BCUT2D eigenvalue weighted by Gasteiger charge is -2.47. The Bertz CT molecular complexity index is 1660. The molecule has 6 nitrogen and oxygen atoms in total. The predicted octanol–water partition coefficient (Wildman–Crippen LogP) is 5.27. The van der Waals surface area contributed by atoms with Gasteiger partial charge in [-0.15, -0.1) is 0 Å². The fraction of sp³-hybridized carbons (Fsp3) is 0.517. The number of nitrogens with one attached hydrogen (secondary N) is 1. The molecule has 0 aliphatic heterocycles. The first-order chi connectivity index (χ1) is 22.3. The highest BCUT2D eigenvalue weighted by Gasteiger charge is 2.47. The molecule has 36 heavy (non-hydrogen) atoms. The molecule has 1 aliphatic rings. The number of carbonyl (C=O) groups is 1. The Morgan fingerprint density at radius 3 is 2.97 bits per heavy atom. The first-order valence-corrected chi connectivity index (χ1v) is 11.5. The summed E-state index contributed by atoms with van der Waals surface area (Å²) in [6, 6.07) is 9.37. The summed E-state index contributed by atoms with van der Waals surface area (Å²) < 4.78 is 139. The molecule has 0 radical (unpaired) electrons. The van der Waals surface area contributed by atoms with Crippen LogP contribution in [0, 0.1) is 11.7 Å². The average Bonchev–Trinajstić information content (AvgIpc) is 3.41. The van der Waals surface area contributed by atoms with Gasteiger partial charge in [-0.05, 0) is 73.9 Å². The zero-order valence-corrected chi connectivity index (χ0v) is 20.3. The lowest BCUT2D eigenvalue weighted by atomic mass is 9.65. The van der Waals surface area contributed by atoms with E-state index in [9.17, 15) is 11.9 Å². The van der Waals surface area contributed by atoms with Crippen molar-refractivity contribution >= 4 is 17.0 Å². The highest BCUT2D eigenvalue weighted by Crippen LogP contribution is 2.48. The number of ether oxygens (including phenoxy) is 2. The number of methoxy groups -OCH3 is 1. The van der Waals surface area contributed by atoms with Crippen molar-refractivity contribution in [1.29, 1.82) is 0 Å². The van der Waals surface area contributed by atoms with Crippen LogP contribution in [0.2, 0.25) is 0 Å². The van der Waals surface area contributed by atoms with Crippen LogP contribution in [0.5, 0.6) is 0 Å². The third-order valence-electron chi connectivity index (χ3n) is 5.95. The Hall–Kier alpha value is -2.77. The fourth-order valence-corrected chi connectivity index (χ4v) is 4.52. The molecule has 0 unspecified atom stereocenters. The summed E-state index contributed by atoms with van der Waals surface area (Å²) in [5.74, 6) is -4.55. The van der Waals surface area contributed by atoms with Crippen LogP contribution in [0.15, 0.2) is 42.5 Å². The van der Waals surface area contributed by atoms with Gasteiger partial charge in [-0.2, -0.15) is 0 Å². The molecule has 0 saturated heterocycles. The van der Waals surface area contributed by atoms with E-state index < -0.39 is 93.6 Å². The molecule has 2 aromatic carbocycles. The van der Waals surface area contributed by atoms with E-state index in [-0.39, 0.29) is 21.5 Å². The molecule has 2 atom stereocenters. The lowest BCUT2D eigenvalue weighted by molar-refractivity contribution is -0.172.